The Kier molecular flexibility index (Phi) is 3.59. The van der Waals surface area contributed by atoms with Gasteiger partial charge in [-0.05, 0) is 26.6 Å². The van der Waals surface area contributed by atoms with Gasteiger partial charge in [0.2, 0.25) is 0 Å². The molecule has 0 fully saturated rings. The third-order valence-electron chi connectivity index (χ3n) is 1.83. The second-order valence-electron chi connectivity index (χ2n) is 2.37. The van der Waals surface area contributed by atoms with Crippen LogP contribution in [-0.4, -0.2) is 18.7 Å². The zero-order valence-corrected chi connectivity index (χ0v) is 7.15. The fraction of sp³-hybridized carbons (Fsp3) is 1.00. The standard InChI is InChI=1S/C6H16NP/c1-4-6(2,5-8)7-3/h7H,4-5,8H2,1-3H3. The Labute approximate surface area is 54.4 Å². The van der Waals surface area contributed by atoms with Crippen LogP contribution in [0.5, 0.6) is 0 Å². The summed E-state index contributed by atoms with van der Waals surface area (Å²) in [5, 5.41) is 3.26. The van der Waals surface area contributed by atoms with Crippen molar-refractivity contribution in [3.63, 3.8) is 0 Å². The zero-order valence-electron chi connectivity index (χ0n) is 5.99. The SMILES string of the molecule is CCC(C)(CP)NC. The number of nitrogens with one attached hydrogen (secondary N) is 1. The summed E-state index contributed by atoms with van der Waals surface area (Å²) in [6, 6.07) is 0. The first-order valence-electron chi connectivity index (χ1n) is 3.07. The molecule has 0 saturated carbocycles. The van der Waals surface area contributed by atoms with Crippen molar-refractivity contribution in [1.29, 1.82) is 0 Å². The lowest BCUT2D eigenvalue weighted by Crippen LogP contribution is -2.40. The molecule has 0 spiro atoms. The van der Waals surface area contributed by atoms with Crippen LogP contribution in [0, 0.1) is 0 Å². The predicted octanol–water partition coefficient (Wildman–Crippen LogP) is 1.25. The largest absolute Gasteiger partial charge is 0.314 e. The van der Waals surface area contributed by atoms with Gasteiger partial charge in [-0.25, -0.2) is 0 Å². The average Bonchev–Trinajstić information content (AvgIpc) is 1.87. The van der Waals surface area contributed by atoms with Crippen LogP contribution >= 0.6 is 9.24 Å². The molecule has 0 bridgehead atoms. The highest BCUT2D eigenvalue weighted by Crippen LogP contribution is 2.10. The van der Waals surface area contributed by atoms with Crippen molar-refractivity contribution in [2.45, 2.75) is 25.8 Å². The lowest BCUT2D eigenvalue weighted by molar-refractivity contribution is 0.419. The van der Waals surface area contributed by atoms with Crippen LogP contribution in [0.15, 0.2) is 0 Å². The molecule has 2 heteroatoms. The van der Waals surface area contributed by atoms with Crippen molar-refractivity contribution in [2.75, 3.05) is 13.2 Å². The third kappa shape index (κ3) is 2.11. The maximum absolute atomic E-state index is 3.26. The molecule has 50 valence electrons. The van der Waals surface area contributed by atoms with E-state index in [1.54, 1.807) is 0 Å². The highest BCUT2D eigenvalue weighted by Gasteiger charge is 2.14. The Bertz CT molecular complexity index is 51.3. The van der Waals surface area contributed by atoms with Crippen molar-refractivity contribution < 1.29 is 0 Å². The van der Waals surface area contributed by atoms with E-state index in [0.29, 0.717) is 5.54 Å². The van der Waals surface area contributed by atoms with E-state index in [2.05, 4.69) is 28.4 Å². The monoisotopic (exact) mass is 133 g/mol. The van der Waals surface area contributed by atoms with Crippen molar-refractivity contribution >= 4 is 9.24 Å². The van der Waals surface area contributed by atoms with Crippen molar-refractivity contribution in [3.05, 3.63) is 0 Å². The first kappa shape index (κ1) is 8.39. The first-order valence-corrected chi connectivity index (χ1v) is 3.89. The fourth-order valence-corrected chi connectivity index (χ4v) is 0.916. The Morgan fingerprint density at radius 1 is 1.62 bits per heavy atom. The molecule has 8 heavy (non-hydrogen) atoms. The van der Waals surface area contributed by atoms with Crippen molar-refractivity contribution in [3.8, 4) is 0 Å². The number of rotatable bonds is 3. The van der Waals surface area contributed by atoms with Gasteiger partial charge >= 0.3 is 0 Å². The molecular formula is C6H16NP. The molecule has 0 saturated heterocycles. The highest BCUT2D eigenvalue weighted by atomic mass is 31.0. The molecule has 0 aromatic rings. The molecular weight excluding hydrogens is 117 g/mol. The molecule has 0 radical (unpaired) electrons. The quantitative estimate of drug-likeness (QED) is 0.571. The maximum Gasteiger partial charge on any atom is 0.0182 e. The minimum absolute atomic E-state index is 0.338. The van der Waals surface area contributed by atoms with Crippen LogP contribution in [0.1, 0.15) is 20.3 Å². The van der Waals surface area contributed by atoms with E-state index in [-0.39, 0.29) is 0 Å². The van der Waals surface area contributed by atoms with Gasteiger partial charge in [0.25, 0.3) is 0 Å². The van der Waals surface area contributed by atoms with E-state index >= 15 is 0 Å². The second-order valence-corrected chi connectivity index (χ2v) is 2.78. The molecule has 2 unspecified atom stereocenters. The van der Waals surface area contributed by atoms with Gasteiger partial charge in [-0.1, -0.05) is 6.92 Å². The van der Waals surface area contributed by atoms with E-state index in [1.165, 1.54) is 6.42 Å². The molecule has 2 atom stereocenters. The Morgan fingerprint density at radius 3 is 2.12 bits per heavy atom. The second kappa shape index (κ2) is 3.42. The molecule has 1 nitrogen and oxygen atoms in total. The Hall–Kier alpha value is 0.390. The van der Waals surface area contributed by atoms with Crippen LogP contribution in [0.3, 0.4) is 0 Å². The maximum atomic E-state index is 3.26. The van der Waals surface area contributed by atoms with Gasteiger partial charge in [0.1, 0.15) is 0 Å². The van der Waals surface area contributed by atoms with E-state index in [0.717, 1.165) is 6.16 Å². The summed E-state index contributed by atoms with van der Waals surface area (Å²) in [6.45, 7) is 4.42. The minimum Gasteiger partial charge on any atom is -0.314 e. The van der Waals surface area contributed by atoms with E-state index < -0.39 is 0 Å². The van der Waals surface area contributed by atoms with Gasteiger partial charge in [0.15, 0.2) is 0 Å². The summed E-state index contributed by atoms with van der Waals surface area (Å²) in [6.07, 6.45) is 2.31. The zero-order chi connectivity index (χ0) is 6.62. The molecule has 0 aromatic heterocycles. The summed E-state index contributed by atoms with van der Waals surface area (Å²) in [7, 11) is 4.76. The molecule has 0 aliphatic carbocycles. The Morgan fingerprint density at radius 2 is 2.12 bits per heavy atom. The van der Waals surface area contributed by atoms with Crippen LogP contribution in [-0.2, 0) is 0 Å². The summed E-state index contributed by atoms with van der Waals surface area (Å²) >= 11 is 0. The van der Waals surface area contributed by atoms with Crippen LogP contribution in [0.25, 0.3) is 0 Å². The van der Waals surface area contributed by atoms with Gasteiger partial charge in [0.05, 0.1) is 0 Å². The highest BCUT2D eigenvalue weighted by molar-refractivity contribution is 7.16. The minimum atomic E-state index is 0.338. The van der Waals surface area contributed by atoms with Crippen LogP contribution < -0.4 is 5.32 Å². The lowest BCUT2D eigenvalue weighted by Gasteiger charge is -2.25. The third-order valence-corrected chi connectivity index (χ3v) is 2.74. The van der Waals surface area contributed by atoms with Crippen molar-refractivity contribution in [2.24, 2.45) is 0 Å². The molecule has 0 aliphatic rings. The topological polar surface area (TPSA) is 12.0 Å². The van der Waals surface area contributed by atoms with Gasteiger partial charge < -0.3 is 5.32 Å². The van der Waals surface area contributed by atoms with Gasteiger partial charge in [-0.2, -0.15) is 0 Å². The molecule has 1 N–H and O–H groups in total. The van der Waals surface area contributed by atoms with Crippen molar-refractivity contribution in [1.82, 2.24) is 5.32 Å². The smallest absolute Gasteiger partial charge is 0.0182 e. The number of hydrogen-bond donors (Lipinski definition) is 1. The molecule has 0 aliphatic heterocycles. The lowest BCUT2D eigenvalue weighted by atomic mass is 10.0. The normalized spacial score (nSPS) is 18.0. The van der Waals surface area contributed by atoms with Crippen LogP contribution in [0.4, 0.5) is 0 Å². The fourth-order valence-electron chi connectivity index (χ4n) is 0.423. The summed E-state index contributed by atoms with van der Waals surface area (Å²) in [5.41, 5.74) is 0.338. The molecule has 0 heterocycles. The Balaban J connectivity index is 3.58. The van der Waals surface area contributed by atoms with E-state index in [4.69, 9.17) is 0 Å². The number of hydrogen-bond acceptors (Lipinski definition) is 1. The average molecular weight is 133 g/mol. The van der Waals surface area contributed by atoms with E-state index in [9.17, 15) is 0 Å². The van der Waals surface area contributed by atoms with Gasteiger partial charge in [0, 0.05) is 5.54 Å². The molecule has 0 rings (SSSR count). The van der Waals surface area contributed by atoms with E-state index in [1.807, 2.05) is 7.05 Å². The molecule has 0 amide bonds. The van der Waals surface area contributed by atoms with Gasteiger partial charge in [-0.3, -0.25) is 0 Å². The summed E-state index contributed by atoms with van der Waals surface area (Å²) in [5.74, 6) is 0. The summed E-state index contributed by atoms with van der Waals surface area (Å²) in [4.78, 5) is 0. The summed E-state index contributed by atoms with van der Waals surface area (Å²) < 4.78 is 0. The predicted molar refractivity (Wildman–Crippen MR) is 42.3 cm³/mol. The first-order chi connectivity index (χ1) is 3.68. The van der Waals surface area contributed by atoms with Gasteiger partial charge in [-0.15, -0.1) is 9.24 Å². The van der Waals surface area contributed by atoms with Crippen LogP contribution in [0.2, 0.25) is 0 Å². The molecule has 0 aromatic carbocycles.